The molecule has 36 heavy (non-hydrogen) atoms. The number of phosphoric ester groups is 1. The molecular weight excluding hydrogens is 571 g/mol. The van der Waals surface area contributed by atoms with Crippen LogP contribution in [0, 0.1) is 0 Å². The second kappa shape index (κ2) is 10.0. The predicted octanol–water partition coefficient (Wildman–Crippen LogP) is 0.414. The van der Waals surface area contributed by atoms with Gasteiger partial charge in [-0.2, -0.15) is 13.6 Å². The van der Waals surface area contributed by atoms with E-state index in [2.05, 4.69) is 23.4 Å². The van der Waals surface area contributed by atoms with E-state index in [1.807, 2.05) is 12.1 Å². The Morgan fingerprint density at radius 1 is 1.03 bits per heavy atom. The van der Waals surface area contributed by atoms with Gasteiger partial charge in [-0.25, -0.2) is 18.5 Å². The zero-order chi connectivity index (χ0) is 26.5. The van der Waals surface area contributed by atoms with Gasteiger partial charge in [0.1, 0.15) is 18.3 Å². The number of hydrogen-bond donors (Lipinski definition) is 7. The lowest BCUT2D eigenvalue weighted by Gasteiger charge is -2.23. The van der Waals surface area contributed by atoms with Crippen LogP contribution >= 0.6 is 35.2 Å². The molecule has 6 atom stereocenters. The first-order valence-corrected chi connectivity index (χ1v) is 14.9. The highest BCUT2D eigenvalue weighted by molar-refractivity contribution is 7.99. The number of phosphoric acid groups is 3. The van der Waals surface area contributed by atoms with Crippen molar-refractivity contribution in [3.8, 4) is 0 Å². The molecule has 0 aliphatic carbocycles. The van der Waals surface area contributed by atoms with Gasteiger partial charge in [0.25, 0.3) is 0 Å². The van der Waals surface area contributed by atoms with Crippen LogP contribution in [0.2, 0.25) is 0 Å². The molecule has 0 amide bonds. The quantitative estimate of drug-likeness (QED) is 0.176. The van der Waals surface area contributed by atoms with Gasteiger partial charge in [-0.15, -0.1) is 0 Å². The van der Waals surface area contributed by atoms with E-state index in [1.165, 1.54) is 18.0 Å². The Labute approximate surface area is 205 Å². The first-order valence-electron chi connectivity index (χ1n) is 9.61. The minimum atomic E-state index is -5.74. The number of nitrogens with one attached hydrogen (secondary N) is 1. The number of fused-ring (bicyclic) bond motifs is 2. The van der Waals surface area contributed by atoms with Crippen molar-refractivity contribution in [2.45, 2.75) is 34.3 Å². The third-order valence-electron chi connectivity index (χ3n) is 4.71. The van der Waals surface area contributed by atoms with E-state index in [9.17, 15) is 38.5 Å². The molecule has 7 N–H and O–H groups in total. The Morgan fingerprint density at radius 3 is 2.42 bits per heavy atom. The topological polar surface area (TPSA) is 256 Å². The van der Waals surface area contributed by atoms with Crippen molar-refractivity contribution < 1.29 is 61.4 Å². The molecule has 0 bridgehead atoms. The molecule has 2 aromatic rings. The third-order valence-corrected chi connectivity index (χ3v) is 9.60. The van der Waals surface area contributed by atoms with Crippen LogP contribution < -0.4 is 11.0 Å². The molecule has 17 nitrogen and oxygen atoms in total. The summed E-state index contributed by atoms with van der Waals surface area (Å²) in [5.74, 6) is 0.261. The maximum atomic E-state index is 12.6. The molecule has 1 fully saturated rings. The maximum absolute atomic E-state index is 12.6. The van der Waals surface area contributed by atoms with Crippen molar-refractivity contribution in [2.24, 2.45) is 0 Å². The Balaban J connectivity index is 1.46. The fourth-order valence-corrected chi connectivity index (χ4v) is 7.27. The number of ether oxygens (including phenoxy) is 1. The number of nitrogens with zero attached hydrogens (tertiary/aromatic N) is 2. The molecule has 1 aromatic carbocycles. The summed E-state index contributed by atoms with van der Waals surface area (Å²) in [6, 6.07) is 7.23. The highest BCUT2D eigenvalue weighted by atomic mass is 32.2. The molecule has 3 heterocycles. The van der Waals surface area contributed by atoms with E-state index >= 15 is 0 Å². The van der Waals surface area contributed by atoms with Crippen LogP contribution in [0.1, 0.15) is 6.23 Å². The SMILES string of the molecule is O=c1nc2c(cn1[C@@H]1O[C@H](COP(=O)(O)OP(=O)(O)OP(=O)(O)O)[C@@H](O)[C@H]1O)Sc1ccccc1N2. The lowest BCUT2D eigenvalue weighted by Crippen LogP contribution is -2.36. The number of aliphatic hydroxyl groups excluding tert-OH is 2. The molecule has 198 valence electrons. The van der Waals surface area contributed by atoms with Gasteiger partial charge in [0.15, 0.2) is 12.0 Å². The summed E-state index contributed by atoms with van der Waals surface area (Å²) in [4.78, 5) is 53.7. The van der Waals surface area contributed by atoms with Gasteiger partial charge in [0.2, 0.25) is 0 Å². The molecule has 4 rings (SSSR count). The number of aliphatic hydroxyl groups is 2. The minimum Gasteiger partial charge on any atom is -0.387 e. The summed E-state index contributed by atoms with van der Waals surface area (Å²) in [6.07, 6.45) is -5.21. The van der Waals surface area contributed by atoms with Crippen LogP contribution in [0.3, 0.4) is 0 Å². The lowest BCUT2D eigenvalue weighted by atomic mass is 10.1. The second-order valence-electron chi connectivity index (χ2n) is 7.30. The summed E-state index contributed by atoms with van der Waals surface area (Å²) in [6.45, 7) is -1.02. The van der Waals surface area contributed by atoms with Crippen LogP contribution in [-0.2, 0) is 31.6 Å². The van der Waals surface area contributed by atoms with Crippen LogP contribution in [0.15, 0.2) is 45.0 Å². The van der Waals surface area contributed by atoms with E-state index in [1.54, 1.807) is 12.1 Å². The molecule has 1 aromatic heterocycles. The van der Waals surface area contributed by atoms with Gasteiger partial charge >= 0.3 is 29.2 Å². The summed E-state index contributed by atoms with van der Waals surface area (Å²) in [7, 11) is -16.8. The van der Waals surface area contributed by atoms with E-state index in [0.717, 1.165) is 15.1 Å². The second-order valence-corrected chi connectivity index (χ2v) is 12.8. The van der Waals surface area contributed by atoms with Gasteiger partial charge < -0.3 is 39.8 Å². The minimum absolute atomic E-state index is 0.261. The normalized spacial score (nSPS) is 26.8. The smallest absolute Gasteiger partial charge is 0.387 e. The zero-order valence-electron chi connectivity index (χ0n) is 17.5. The standard InChI is InChI=1S/C15H18N3O14P3S/c19-11-8(6-29-34(25,26)32-35(27,28)31-33(22,23)24)30-14(12(11)20)18-5-10-13(17-15(18)21)16-7-3-1-2-4-9(7)36-10/h1-5,8,11-12,14,19-20H,6H2,(H,25,26)(H,27,28)(H,16,17,21)(H2,22,23,24)/t8-,11-,12-,14-/m1/s1. The first-order chi connectivity index (χ1) is 16.6. The van der Waals surface area contributed by atoms with Crippen LogP contribution in [-0.4, -0.2) is 64.3 Å². The maximum Gasteiger partial charge on any atom is 0.490 e. The van der Waals surface area contributed by atoms with Crippen molar-refractivity contribution >= 4 is 46.7 Å². The van der Waals surface area contributed by atoms with Crippen molar-refractivity contribution in [1.82, 2.24) is 9.55 Å². The number of para-hydroxylation sites is 1. The summed E-state index contributed by atoms with van der Waals surface area (Å²) >= 11 is 1.28. The molecule has 0 spiro atoms. The zero-order valence-corrected chi connectivity index (χ0v) is 21.0. The van der Waals surface area contributed by atoms with Crippen LogP contribution in [0.5, 0.6) is 0 Å². The fraction of sp³-hybridized carbons (Fsp3) is 0.333. The van der Waals surface area contributed by atoms with Crippen LogP contribution in [0.4, 0.5) is 11.5 Å². The van der Waals surface area contributed by atoms with Gasteiger partial charge in [0.05, 0.1) is 17.2 Å². The van der Waals surface area contributed by atoms with Crippen molar-refractivity contribution in [1.29, 1.82) is 0 Å². The molecule has 0 radical (unpaired) electrons. The average Bonchev–Trinajstić information content (AvgIpc) is 3.02. The number of rotatable bonds is 8. The molecule has 21 heteroatoms. The number of aromatic nitrogens is 2. The number of benzene rings is 1. The molecule has 2 aliphatic heterocycles. The van der Waals surface area contributed by atoms with Crippen molar-refractivity contribution in [3.05, 3.63) is 40.9 Å². The highest BCUT2D eigenvalue weighted by Crippen LogP contribution is 2.66. The van der Waals surface area contributed by atoms with Gasteiger partial charge in [-0.05, 0) is 12.1 Å². The molecular formula is C15H18N3O14P3S. The van der Waals surface area contributed by atoms with Crippen molar-refractivity contribution in [2.75, 3.05) is 11.9 Å². The largest absolute Gasteiger partial charge is 0.490 e. The van der Waals surface area contributed by atoms with Gasteiger partial charge in [-0.3, -0.25) is 9.09 Å². The molecule has 2 aliphatic rings. The number of anilines is 2. The summed E-state index contributed by atoms with van der Waals surface area (Å²) in [5, 5.41) is 23.7. The lowest BCUT2D eigenvalue weighted by molar-refractivity contribution is -0.0544. The molecule has 0 saturated carbocycles. The van der Waals surface area contributed by atoms with E-state index in [0.29, 0.717) is 4.90 Å². The molecule has 1 saturated heterocycles. The third kappa shape index (κ3) is 6.32. The fourth-order valence-electron chi connectivity index (χ4n) is 3.27. The average molecular weight is 589 g/mol. The van der Waals surface area contributed by atoms with E-state index in [4.69, 9.17) is 14.5 Å². The summed E-state index contributed by atoms with van der Waals surface area (Å²) < 4.78 is 51.9. The first kappa shape index (κ1) is 27.6. The van der Waals surface area contributed by atoms with E-state index < -0.39 is 60.3 Å². The summed E-state index contributed by atoms with van der Waals surface area (Å²) in [5.41, 5.74) is -0.121. The van der Waals surface area contributed by atoms with Gasteiger partial charge in [-0.1, -0.05) is 23.9 Å². The highest BCUT2D eigenvalue weighted by Gasteiger charge is 2.47. The Morgan fingerprint density at radius 2 is 1.72 bits per heavy atom. The Bertz CT molecular complexity index is 1370. The van der Waals surface area contributed by atoms with Crippen LogP contribution in [0.25, 0.3) is 0 Å². The molecule has 2 unspecified atom stereocenters. The predicted molar refractivity (Wildman–Crippen MR) is 118 cm³/mol. The number of hydrogen-bond acceptors (Lipinski definition) is 13. The Hall–Kier alpha value is -1.46. The monoisotopic (exact) mass is 589 g/mol. The van der Waals surface area contributed by atoms with E-state index in [-0.39, 0.29) is 5.82 Å². The van der Waals surface area contributed by atoms with Crippen molar-refractivity contribution in [3.63, 3.8) is 0 Å². The Kier molecular flexibility index (Phi) is 7.67. The van der Waals surface area contributed by atoms with Gasteiger partial charge in [0, 0.05) is 11.1 Å².